The molecule has 1 saturated carbocycles. The monoisotopic (exact) mass is 402 g/mol. The SMILES string of the molecule is O=C(O)C1CC(Oc2ccc(/C=C/c3cc(O)cc(O)c3)cc2)C(O)C(O)C1O. The van der Waals surface area contributed by atoms with Gasteiger partial charge in [0.25, 0.3) is 0 Å². The number of hydrogen-bond donors (Lipinski definition) is 6. The molecule has 1 aliphatic rings. The Bertz CT molecular complexity index is 872. The van der Waals surface area contributed by atoms with Gasteiger partial charge in [0.1, 0.15) is 35.6 Å². The second-order valence-corrected chi connectivity index (χ2v) is 6.99. The standard InChI is InChI=1S/C21H22O8/c22-13-7-12(8-14(23)9-13)2-1-11-3-5-15(6-4-11)29-17-10-16(21(27)28)18(24)20(26)19(17)25/h1-9,16-20,22-26H,10H2,(H,27,28)/b2-1+. The number of rotatable bonds is 5. The largest absolute Gasteiger partial charge is 0.508 e. The molecule has 0 heterocycles. The number of ether oxygens (including phenoxy) is 1. The Kier molecular flexibility index (Phi) is 6.07. The van der Waals surface area contributed by atoms with Gasteiger partial charge in [-0.2, -0.15) is 0 Å². The number of carbonyl (C=O) groups is 1. The van der Waals surface area contributed by atoms with Gasteiger partial charge in [0.2, 0.25) is 0 Å². The molecule has 29 heavy (non-hydrogen) atoms. The lowest BCUT2D eigenvalue weighted by Gasteiger charge is -2.38. The lowest BCUT2D eigenvalue weighted by molar-refractivity contribution is -0.174. The molecule has 5 unspecified atom stereocenters. The maximum atomic E-state index is 11.2. The van der Waals surface area contributed by atoms with Crippen molar-refractivity contribution in [1.82, 2.24) is 0 Å². The van der Waals surface area contributed by atoms with Crippen LogP contribution in [-0.2, 0) is 4.79 Å². The van der Waals surface area contributed by atoms with Crippen LogP contribution in [-0.4, -0.2) is 61.0 Å². The predicted octanol–water partition coefficient (Wildman–Crippen LogP) is 1.20. The Labute approximate surface area is 166 Å². The molecule has 8 nitrogen and oxygen atoms in total. The summed E-state index contributed by atoms with van der Waals surface area (Å²) in [5, 5.41) is 57.9. The second-order valence-electron chi connectivity index (χ2n) is 6.99. The Balaban J connectivity index is 1.68. The summed E-state index contributed by atoms with van der Waals surface area (Å²) in [4.78, 5) is 11.2. The highest BCUT2D eigenvalue weighted by atomic mass is 16.5. The van der Waals surface area contributed by atoms with E-state index in [0.717, 1.165) is 5.56 Å². The lowest BCUT2D eigenvalue weighted by Crippen LogP contribution is -2.57. The van der Waals surface area contributed by atoms with Crippen molar-refractivity contribution < 1.29 is 40.2 Å². The second kappa shape index (κ2) is 8.52. The zero-order chi connectivity index (χ0) is 21.1. The fraction of sp³-hybridized carbons (Fsp3) is 0.286. The Morgan fingerprint density at radius 2 is 1.45 bits per heavy atom. The molecule has 0 aromatic heterocycles. The van der Waals surface area contributed by atoms with Crippen molar-refractivity contribution in [2.45, 2.75) is 30.8 Å². The lowest BCUT2D eigenvalue weighted by atomic mass is 9.81. The van der Waals surface area contributed by atoms with Gasteiger partial charge < -0.3 is 35.4 Å². The summed E-state index contributed by atoms with van der Waals surface area (Å²) in [7, 11) is 0. The average molecular weight is 402 g/mol. The van der Waals surface area contributed by atoms with Crippen LogP contribution in [0.5, 0.6) is 17.2 Å². The third-order valence-electron chi connectivity index (χ3n) is 4.86. The van der Waals surface area contributed by atoms with Crippen LogP contribution in [0.2, 0.25) is 0 Å². The van der Waals surface area contributed by atoms with E-state index in [2.05, 4.69) is 0 Å². The number of benzene rings is 2. The molecule has 0 bridgehead atoms. The minimum absolute atomic E-state index is 0.0496. The van der Waals surface area contributed by atoms with Crippen molar-refractivity contribution in [2.24, 2.45) is 5.92 Å². The van der Waals surface area contributed by atoms with Crippen LogP contribution < -0.4 is 4.74 Å². The first kappa shape index (κ1) is 20.7. The van der Waals surface area contributed by atoms with Crippen molar-refractivity contribution in [3.05, 3.63) is 53.6 Å². The van der Waals surface area contributed by atoms with E-state index >= 15 is 0 Å². The molecule has 2 aromatic carbocycles. The van der Waals surface area contributed by atoms with Crippen molar-refractivity contribution in [1.29, 1.82) is 0 Å². The van der Waals surface area contributed by atoms with Gasteiger partial charge in [0.15, 0.2) is 0 Å². The number of aliphatic hydroxyl groups is 3. The van der Waals surface area contributed by atoms with Crippen LogP contribution in [0.3, 0.4) is 0 Å². The number of hydrogen-bond acceptors (Lipinski definition) is 7. The van der Waals surface area contributed by atoms with E-state index in [1.54, 1.807) is 36.4 Å². The molecule has 2 aromatic rings. The molecular weight excluding hydrogens is 380 g/mol. The highest BCUT2D eigenvalue weighted by Crippen LogP contribution is 2.30. The number of aromatic hydroxyl groups is 2. The minimum atomic E-state index is -1.62. The molecule has 6 N–H and O–H groups in total. The quantitative estimate of drug-likeness (QED) is 0.409. The zero-order valence-electron chi connectivity index (χ0n) is 15.3. The van der Waals surface area contributed by atoms with Crippen LogP contribution in [0.4, 0.5) is 0 Å². The fourth-order valence-corrected chi connectivity index (χ4v) is 3.29. The van der Waals surface area contributed by atoms with E-state index in [1.807, 2.05) is 0 Å². The summed E-state index contributed by atoms with van der Waals surface area (Å²) in [6, 6.07) is 10.9. The van der Waals surface area contributed by atoms with E-state index in [4.69, 9.17) is 4.74 Å². The Hall–Kier alpha value is -3.07. The third kappa shape index (κ3) is 4.86. The Morgan fingerprint density at radius 1 is 0.862 bits per heavy atom. The first-order valence-corrected chi connectivity index (χ1v) is 8.99. The third-order valence-corrected chi connectivity index (χ3v) is 4.86. The van der Waals surface area contributed by atoms with Crippen LogP contribution in [0.1, 0.15) is 17.5 Å². The number of carboxylic acid groups (broad SMARTS) is 1. The molecule has 8 heteroatoms. The minimum Gasteiger partial charge on any atom is -0.508 e. The van der Waals surface area contributed by atoms with Crippen molar-refractivity contribution in [2.75, 3.05) is 0 Å². The summed E-state index contributed by atoms with van der Waals surface area (Å²) in [6.07, 6.45) is -2.26. The van der Waals surface area contributed by atoms with Crippen molar-refractivity contribution in [3.63, 3.8) is 0 Å². The highest BCUT2D eigenvalue weighted by Gasteiger charge is 2.46. The van der Waals surface area contributed by atoms with Crippen LogP contribution in [0.25, 0.3) is 12.2 Å². The van der Waals surface area contributed by atoms with Gasteiger partial charge in [0.05, 0.1) is 12.0 Å². The number of aliphatic hydroxyl groups excluding tert-OH is 3. The molecule has 0 spiro atoms. The summed E-state index contributed by atoms with van der Waals surface area (Å²) in [6.45, 7) is 0. The van der Waals surface area contributed by atoms with Gasteiger partial charge in [-0.3, -0.25) is 4.79 Å². The number of aliphatic carboxylic acids is 1. The van der Waals surface area contributed by atoms with E-state index in [1.165, 1.54) is 18.2 Å². The molecule has 1 fully saturated rings. The average Bonchev–Trinajstić information content (AvgIpc) is 2.67. The molecular formula is C21H22O8. The normalized spacial score (nSPS) is 27.1. The van der Waals surface area contributed by atoms with Crippen LogP contribution >= 0.6 is 0 Å². The topological polar surface area (TPSA) is 148 Å². The van der Waals surface area contributed by atoms with Gasteiger partial charge in [-0.25, -0.2) is 0 Å². The van der Waals surface area contributed by atoms with Gasteiger partial charge in [-0.15, -0.1) is 0 Å². The van der Waals surface area contributed by atoms with Crippen molar-refractivity contribution in [3.8, 4) is 17.2 Å². The van der Waals surface area contributed by atoms with Crippen LogP contribution in [0, 0.1) is 5.92 Å². The maximum Gasteiger partial charge on any atom is 0.309 e. The molecule has 0 saturated heterocycles. The molecule has 0 amide bonds. The summed E-state index contributed by atoms with van der Waals surface area (Å²) < 4.78 is 5.64. The molecule has 154 valence electrons. The molecule has 5 atom stereocenters. The fourth-order valence-electron chi connectivity index (χ4n) is 3.29. The zero-order valence-corrected chi connectivity index (χ0v) is 15.3. The van der Waals surface area contributed by atoms with Crippen LogP contribution in [0.15, 0.2) is 42.5 Å². The number of carboxylic acids is 1. The van der Waals surface area contributed by atoms with Gasteiger partial charge in [0, 0.05) is 12.5 Å². The molecule has 0 radical (unpaired) electrons. The first-order valence-electron chi connectivity index (χ1n) is 8.99. The summed E-state index contributed by atoms with van der Waals surface area (Å²) >= 11 is 0. The maximum absolute atomic E-state index is 11.2. The van der Waals surface area contributed by atoms with Crippen molar-refractivity contribution >= 4 is 18.1 Å². The summed E-state index contributed by atoms with van der Waals surface area (Å²) in [5.74, 6) is -2.23. The number of phenolic OH excluding ortho intramolecular Hbond substituents is 2. The van der Waals surface area contributed by atoms with E-state index in [0.29, 0.717) is 11.3 Å². The smallest absolute Gasteiger partial charge is 0.309 e. The molecule has 0 aliphatic heterocycles. The van der Waals surface area contributed by atoms with Gasteiger partial charge >= 0.3 is 5.97 Å². The van der Waals surface area contributed by atoms with E-state index in [-0.39, 0.29) is 17.9 Å². The van der Waals surface area contributed by atoms with Gasteiger partial charge in [-0.1, -0.05) is 24.3 Å². The van der Waals surface area contributed by atoms with Gasteiger partial charge in [-0.05, 0) is 35.4 Å². The van der Waals surface area contributed by atoms with E-state index < -0.39 is 36.3 Å². The molecule has 3 rings (SSSR count). The molecule has 1 aliphatic carbocycles. The first-order chi connectivity index (χ1) is 13.7. The Morgan fingerprint density at radius 3 is 2.03 bits per heavy atom. The number of phenols is 2. The summed E-state index contributed by atoms with van der Waals surface area (Å²) in [5.41, 5.74) is 1.41. The predicted molar refractivity (Wildman–Crippen MR) is 103 cm³/mol. The van der Waals surface area contributed by atoms with E-state index in [9.17, 15) is 35.4 Å². The highest BCUT2D eigenvalue weighted by molar-refractivity contribution is 5.71.